The normalized spacial score (nSPS) is 36.2. The molecule has 1 saturated heterocycles. The summed E-state index contributed by atoms with van der Waals surface area (Å²) in [6, 6.07) is 0.734. The molecular formula is C14H25NO2S. The van der Waals surface area contributed by atoms with Crippen LogP contribution in [0.3, 0.4) is 0 Å². The number of aliphatic hydroxyl groups is 1. The Kier molecular flexibility index (Phi) is 4.18. The van der Waals surface area contributed by atoms with Crippen LogP contribution in [0.1, 0.15) is 32.1 Å². The summed E-state index contributed by atoms with van der Waals surface area (Å²) in [6.45, 7) is 2.43. The van der Waals surface area contributed by atoms with Crippen molar-refractivity contribution in [2.45, 2.75) is 44.2 Å². The van der Waals surface area contributed by atoms with E-state index in [2.05, 4.69) is 5.32 Å². The Labute approximate surface area is 114 Å². The fourth-order valence-electron chi connectivity index (χ4n) is 4.12. The molecule has 3 fully saturated rings. The minimum absolute atomic E-state index is 0.327. The molecule has 2 saturated carbocycles. The molecule has 0 aromatic heterocycles. The first-order valence-electron chi connectivity index (χ1n) is 7.42. The van der Waals surface area contributed by atoms with Crippen molar-refractivity contribution >= 4 is 11.8 Å². The Bertz CT molecular complexity index is 283. The van der Waals surface area contributed by atoms with Crippen LogP contribution in [-0.2, 0) is 4.74 Å². The van der Waals surface area contributed by atoms with Gasteiger partial charge in [-0.15, -0.1) is 0 Å². The average molecular weight is 271 g/mol. The minimum atomic E-state index is 0.327. The molecular weight excluding hydrogens is 246 g/mol. The Balaban J connectivity index is 1.39. The van der Waals surface area contributed by atoms with Gasteiger partial charge in [0.15, 0.2) is 0 Å². The second kappa shape index (κ2) is 5.70. The Morgan fingerprint density at radius 2 is 2.22 bits per heavy atom. The third-order valence-corrected chi connectivity index (χ3v) is 6.16. The summed E-state index contributed by atoms with van der Waals surface area (Å²) in [5, 5.41) is 12.5. The molecule has 3 atom stereocenters. The van der Waals surface area contributed by atoms with Gasteiger partial charge in [0.2, 0.25) is 0 Å². The van der Waals surface area contributed by atoms with Crippen LogP contribution in [-0.4, -0.2) is 48.5 Å². The Morgan fingerprint density at radius 1 is 1.33 bits per heavy atom. The third-order valence-electron chi connectivity index (χ3n) is 5.09. The highest BCUT2D eigenvalue weighted by atomic mass is 32.2. The lowest BCUT2D eigenvalue weighted by Gasteiger charge is -2.63. The monoisotopic (exact) mass is 271 g/mol. The highest BCUT2D eigenvalue weighted by Crippen LogP contribution is 2.62. The number of hydrogen-bond donors (Lipinski definition) is 2. The zero-order valence-electron chi connectivity index (χ0n) is 11.1. The largest absolute Gasteiger partial charge is 0.396 e. The van der Waals surface area contributed by atoms with E-state index >= 15 is 0 Å². The maximum Gasteiger partial charge on any atom is 0.0690 e. The van der Waals surface area contributed by atoms with Gasteiger partial charge in [-0.1, -0.05) is 6.42 Å². The topological polar surface area (TPSA) is 41.5 Å². The fraction of sp³-hybridized carbons (Fsp3) is 1.00. The van der Waals surface area contributed by atoms with Gasteiger partial charge in [0.1, 0.15) is 0 Å². The van der Waals surface area contributed by atoms with Crippen molar-refractivity contribution in [3.63, 3.8) is 0 Å². The van der Waals surface area contributed by atoms with E-state index < -0.39 is 0 Å². The van der Waals surface area contributed by atoms with Crippen LogP contribution in [0.5, 0.6) is 0 Å². The predicted octanol–water partition coefficient (Wildman–Crippen LogP) is 1.65. The zero-order valence-corrected chi connectivity index (χ0v) is 11.9. The highest BCUT2D eigenvalue weighted by molar-refractivity contribution is 7.99. The minimum Gasteiger partial charge on any atom is -0.396 e. The molecule has 18 heavy (non-hydrogen) atoms. The lowest BCUT2D eigenvalue weighted by Crippen LogP contribution is -2.71. The molecule has 0 amide bonds. The number of rotatable bonds is 7. The van der Waals surface area contributed by atoms with Gasteiger partial charge in [-0.3, -0.25) is 0 Å². The quantitative estimate of drug-likeness (QED) is 0.691. The molecule has 104 valence electrons. The standard InChI is InChI=1S/C14H25NO2S/c16-7-2-9-18-10-6-15-12-11-3-8-17-13(11)14(12)4-1-5-14/h11-13,15-16H,1-10H2. The van der Waals surface area contributed by atoms with Gasteiger partial charge in [-0.2, -0.15) is 11.8 Å². The lowest BCUT2D eigenvalue weighted by molar-refractivity contribution is -0.175. The molecule has 3 nitrogen and oxygen atoms in total. The number of fused-ring (bicyclic) bond motifs is 2. The molecule has 1 spiro atoms. The average Bonchev–Trinajstić information content (AvgIpc) is 2.71. The van der Waals surface area contributed by atoms with Gasteiger partial charge in [-0.25, -0.2) is 0 Å². The molecule has 2 aliphatic carbocycles. The molecule has 3 unspecified atom stereocenters. The van der Waals surface area contributed by atoms with Gasteiger partial charge < -0.3 is 15.2 Å². The van der Waals surface area contributed by atoms with Gasteiger partial charge in [-0.05, 0) is 31.4 Å². The number of hydrogen-bond acceptors (Lipinski definition) is 4. The van der Waals surface area contributed by atoms with E-state index in [1.54, 1.807) is 0 Å². The third kappa shape index (κ3) is 2.11. The molecule has 0 radical (unpaired) electrons. The van der Waals surface area contributed by atoms with Crippen LogP contribution >= 0.6 is 11.8 Å². The number of nitrogens with one attached hydrogen (secondary N) is 1. The van der Waals surface area contributed by atoms with Crippen LogP contribution in [0.4, 0.5) is 0 Å². The Hall–Kier alpha value is 0.230. The summed E-state index contributed by atoms with van der Waals surface area (Å²) >= 11 is 1.95. The van der Waals surface area contributed by atoms with E-state index in [1.165, 1.54) is 31.4 Å². The van der Waals surface area contributed by atoms with Crippen LogP contribution in [0, 0.1) is 11.3 Å². The summed E-state index contributed by atoms with van der Waals surface area (Å²) in [7, 11) is 0. The molecule has 3 aliphatic rings. The Morgan fingerprint density at radius 3 is 2.94 bits per heavy atom. The van der Waals surface area contributed by atoms with Crippen LogP contribution in [0.15, 0.2) is 0 Å². The zero-order chi connectivity index (χ0) is 12.4. The van der Waals surface area contributed by atoms with Crippen molar-refractivity contribution in [2.24, 2.45) is 11.3 Å². The second-order valence-corrected chi connectivity index (χ2v) is 7.18. The molecule has 0 aromatic rings. The molecule has 1 heterocycles. The predicted molar refractivity (Wildman–Crippen MR) is 74.9 cm³/mol. The summed E-state index contributed by atoms with van der Waals surface area (Å²) in [5.74, 6) is 3.06. The smallest absolute Gasteiger partial charge is 0.0690 e. The van der Waals surface area contributed by atoms with Gasteiger partial charge >= 0.3 is 0 Å². The molecule has 0 bridgehead atoms. The number of aliphatic hydroxyl groups excluding tert-OH is 1. The van der Waals surface area contributed by atoms with Crippen LogP contribution < -0.4 is 5.32 Å². The first kappa shape index (κ1) is 13.2. The molecule has 0 aromatic carbocycles. The van der Waals surface area contributed by atoms with Crippen molar-refractivity contribution in [2.75, 3.05) is 31.3 Å². The first-order chi connectivity index (χ1) is 8.88. The number of thioether (sulfide) groups is 1. The summed E-state index contributed by atoms with van der Waals surface area (Å²) in [5.41, 5.74) is 0.525. The van der Waals surface area contributed by atoms with E-state index in [0.717, 1.165) is 37.3 Å². The molecule has 2 N–H and O–H groups in total. The van der Waals surface area contributed by atoms with Crippen molar-refractivity contribution in [3.8, 4) is 0 Å². The molecule has 3 rings (SSSR count). The van der Waals surface area contributed by atoms with Crippen molar-refractivity contribution in [1.29, 1.82) is 0 Å². The van der Waals surface area contributed by atoms with E-state index in [9.17, 15) is 0 Å². The second-order valence-electron chi connectivity index (χ2n) is 5.95. The van der Waals surface area contributed by atoms with E-state index in [-0.39, 0.29) is 0 Å². The van der Waals surface area contributed by atoms with Crippen molar-refractivity contribution in [3.05, 3.63) is 0 Å². The summed E-state index contributed by atoms with van der Waals surface area (Å²) in [6.07, 6.45) is 6.94. The van der Waals surface area contributed by atoms with Crippen molar-refractivity contribution in [1.82, 2.24) is 5.32 Å². The first-order valence-corrected chi connectivity index (χ1v) is 8.57. The van der Waals surface area contributed by atoms with Gasteiger partial charge in [0.05, 0.1) is 6.10 Å². The maximum absolute atomic E-state index is 8.73. The van der Waals surface area contributed by atoms with E-state index in [1.807, 2.05) is 11.8 Å². The summed E-state index contributed by atoms with van der Waals surface area (Å²) < 4.78 is 5.93. The maximum atomic E-state index is 8.73. The molecule has 4 heteroatoms. The fourth-order valence-corrected chi connectivity index (χ4v) is 4.91. The van der Waals surface area contributed by atoms with Crippen LogP contribution in [0.2, 0.25) is 0 Å². The summed E-state index contributed by atoms with van der Waals surface area (Å²) in [4.78, 5) is 0. The SMILES string of the molecule is OCCCSCCNC1C2CCOC2C12CCC2. The lowest BCUT2D eigenvalue weighted by atomic mass is 9.46. The van der Waals surface area contributed by atoms with Crippen molar-refractivity contribution < 1.29 is 9.84 Å². The van der Waals surface area contributed by atoms with E-state index in [0.29, 0.717) is 18.1 Å². The van der Waals surface area contributed by atoms with Crippen LogP contribution in [0.25, 0.3) is 0 Å². The number of ether oxygens (including phenoxy) is 1. The molecule has 1 aliphatic heterocycles. The van der Waals surface area contributed by atoms with Gasteiger partial charge in [0, 0.05) is 42.9 Å². The van der Waals surface area contributed by atoms with E-state index in [4.69, 9.17) is 9.84 Å². The highest BCUT2D eigenvalue weighted by Gasteiger charge is 2.66. The van der Waals surface area contributed by atoms with Gasteiger partial charge in [0.25, 0.3) is 0 Å².